The molecule has 0 aliphatic rings. The summed E-state index contributed by atoms with van der Waals surface area (Å²) in [4.78, 5) is 8.99. The molecule has 6 nitrogen and oxygen atoms in total. The molecule has 1 aromatic heterocycles. The lowest BCUT2D eigenvalue weighted by atomic mass is 10.1. The average Bonchev–Trinajstić information content (AvgIpc) is 2.59. The standard InChI is InChI=1S/C17H14N4O2/c1-22-16-6-13-14(7-17(16)23-2)21-15(9-20-13)11-4-3-10(8-18)5-12(11)19/h3-7,9H,19H2,1-2H3. The van der Waals surface area contributed by atoms with Crippen molar-refractivity contribution in [1.82, 2.24) is 9.97 Å². The Bertz CT molecular complexity index is 932. The third-order valence-corrected chi connectivity index (χ3v) is 3.50. The minimum atomic E-state index is 0.484. The van der Waals surface area contributed by atoms with Gasteiger partial charge in [-0.3, -0.25) is 4.98 Å². The highest BCUT2D eigenvalue weighted by atomic mass is 16.5. The van der Waals surface area contributed by atoms with E-state index in [9.17, 15) is 0 Å². The highest BCUT2D eigenvalue weighted by Gasteiger charge is 2.11. The first kappa shape index (κ1) is 14.6. The maximum Gasteiger partial charge on any atom is 0.163 e. The van der Waals surface area contributed by atoms with Crippen molar-refractivity contribution in [3.63, 3.8) is 0 Å². The molecular weight excluding hydrogens is 292 g/mol. The summed E-state index contributed by atoms with van der Waals surface area (Å²) in [6, 6.07) is 10.7. The number of methoxy groups -OCH3 is 2. The number of nitrogen functional groups attached to an aromatic ring is 1. The van der Waals surface area contributed by atoms with Crippen molar-refractivity contribution in [1.29, 1.82) is 5.26 Å². The van der Waals surface area contributed by atoms with Gasteiger partial charge in [0.1, 0.15) is 0 Å². The number of ether oxygens (including phenoxy) is 2. The van der Waals surface area contributed by atoms with Gasteiger partial charge in [0.15, 0.2) is 11.5 Å². The minimum Gasteiger partial charge on any atom is -0.493 e. The fraction of sp³-hybridized carbons (Fsp3) is 0.118. The van der Waals surface area contributed by atoms with Crippen LogP contribution < -0.4 is 15.2 Å². The van der Waals surface area contributed by atoms with Crippen LogP contribution in [0.4, 0.5) is 5.69 Å². The Labute approximate surface area is 133 Å². The average molecular weight is 306 g/mol. The second kappa shape index (κ2) is 5.81. The fourth-order valence-electron chi connectivity index (χ4n) is 2.34. The minimum absolute atomic E-state index is 0.484. The smallest absolute Gasteiger partial charge is 0.163 e. The number of nitrogens with two attached hydrogens (primary N) is 1. The molecule has 23 heavy (non-hydrogen) atoms. The molecular formula is C17H14N4O2. The van der Waals surface area contributed by atoms with Gasteiger partial charge < -0.3 is 15.2 Å². The van der Waals surface area contributed by atoms with E-state index in [-0.39, 0.29) is 0 Å². The van der Waals surface area contributed by atoms with Crippen molar-refractivity contribution < 1.29 is 9.47 Å². The number of hydrogen-bond donors (Lipinski definition) is 1. The third-order valence-electron chi connectivity index (χ3n) is 3.50. The van der Waals surface area contributed by atoms with Gasteiger partial charge in [0.2, 0.25) is 0 Å². The highest BCUT2D eigenvalue weighted by molar-refractivity contribution is 5.83. The van der Waals surface area contributed by atoms with Crippen molar-refractivity contribution in [2.75, 3.05) is 20.0 Å². The number of nitrogens with zero attached hydrogens (tertiary/aromatic N) is 3. The number of nitriles is 1. The van der Waals surface area contributed by atoms with E-state index in [1.54, 1.807) is 50.7 Å². The first-order valence-electron chi connectivity index (χ1n) is 6.85. The van der Waals surface area contributed by atoms with Crippen LogP contribution in [0.5, 0.6) is 11.5 Å². The lowest BCUT2D eigenvalue weighted by Crippen LogP contribution is -1.96. The Morgan fingerprint density at radius 2 is 1.74 bits per heavy atom. The quantitative estimate of drug-likeness (QED) is 0.748. The van der Waals surface area contributed by atoms with E-state index in [4.69, 9.17) is 20.5 Å². The fourth-order valence-corrected chi connectivity index (χ4v) is 2.34. The molecule has 114 valence electrons. The van der Waals surface area contributed by atoms with Crippen molar-refractivity contribution in [2.45, 2.75) is 0 Å². The monoisotopic (exact) mass is 306 g/mol. The molecule has 0 fully saturated rings. The van der Waals surface area contributed by atoms with Crippen LogP contribution in [0.25, 0.3) is 22.3 Å². The maximum absolute atomic E-state index is 8.91. The Balaban J connectivity index is 2.15. The zero-order valence-corrected chi connectivity index (χ0v) is 12.7. The first-order valence-corrected chi connectivity index (χ1v) is 6.85. The summed E-state index contributed by atoms with van der Waals surface area (Å²) in [5.41, 5.74) is 9.73. The lowest BCUT2D eigenvalue weighted by molar-refractivity contribution is 0.355. The van der Waals surface area contributed by atoms with E-state index in [2.05, 4.69) is 16.0 Å². The second-order valence-electron chi connectivity index (χ2n) is 4.86. The van der Waals surface area contributed by atoms with Gasteiger partial charge in [-0.05, 0) is 18.2 Å². The van der Waals surface area contributed by atoms with Gasteiger partial charge in [0.25, 0.3) is 0 Å². The van der Waals surface area contributed by atoms with Crippen molar-refractivity contribution in [2.24, 2.45) is 0 Å². The van der Waals surface area contributed by atoms with Gasteiger partial charge in [0, 0.05) is 23.4 Å². The predicted octanol–water partition coefficient (Wildman–Crippen LogP) is 2.77. The van der Waals surface area contributed by atoms with Crippen LogP contribution in [-0.4, -0.2) is 24.2 Å². The van der Waals surface area contributed by atoms with Crippen LogP contribution in [0.15, 0.2) is 36.5 Å². The summed E-state index contributed by atoms with van der Waals surface area (Å²) in [5.74, 6) is 1.18. The van der Waals surface area contributed by atoms with Gasteiger partial charge >= 0.3 is 0 Å². The van der Waals surface area contributed by atoms with Crippen LogP contribution in [0, 0.1) is 11.3 Å². The van der Waals surface area contributed by atoms with E-state index in [0.29, 0.717) is 39.5 Å². The first-order chi connectivity index (χ1) is 11.2. The number of anilines is 1. The maximum atomic E-state index is 8.91. The molecule has 3 rings (SSSR count). The summed E-state index contributed by atoms with van der Waals surface area (Å²) in [5, 5.41) is 8.91. The van der Waals surface area contributed by atoms with Crippen LogP contribution >= 0.6 is 0 Å². The molecule has 0 saturated heterocycles. The summed E-state index contributed by atoms with van der Waals surface area (Å²) in [7, 11) is 3.14. The summed E-state index contributed by atoms with van der Waals surface area (Å²) >= 11 is 0. The van der Waals surface area contributed by atoms with Gasteiger partial charge in [-0.1, -0.05) is 0 Å². The predicted molar refractivity (Wildman–Crippen MR) is 87.2 cm³/mol. The Morgan fingerprint density at radius 1 is 1.04 bits per heavy atom. The number of aromatic nitrogens is 2. The van der Waals surface area contributed by atoms with Crippen molar-refractivity contribution in [3.05, 3.63) is 42.1 Å². The molecule has 0 aliphatic carbocycles. The van der Waals surface area contributed by atoms with Crippen molar-refractivity contribution >= 4 is 16.7 Å². The molecule has 0 unspecified atom stereocenters. The summed E-state index contributed by atoms with van der Waals surface area (Å²) < 4.78 is 10.6. The number of benzene rings is 2. The molecule has 6 heteroatoms. The second-order valence-corrected chi connectivity index (χ2v) is 4.86. The lowest BCUT2D eigenvalue weighted by Gasteiger charge is -2.10. The number of rotatable bonds is 3. The molecule has 0 spiro atoms. The molecule has 0 atom stereocenters. The molecule has 1 heterocycles. The Hall–Kier alpha value is -3.33. The molecule has 2 N–H and O–H groups in total. The van der Waals surface area contributed by atoms with Gasteiger partial charge in [-0.25, -0.2) is 4.98 Å². The normalized spacial score (nSPS) is 10.3. The molecule has 0 saturated carbocycles. The molecule has 0 aliphatic heterocycles. The van der Waals surface area contributed by atoms with Gasteiger partial charge in [0.05, 0.1) is 48.8 Å². The SMILES string of the molecule is COc1cc2ncc(-c3ccc(C#N)cc3N)nc2cc1OC. The van der Waals surface area contributed by atoms with E-state index in [0.717, 1.165) is 5.56 Å². The van der Waals surface area contributed by atoms with Gasteiger partial charge in [-0.15, -0.1) is 0 Å². The largest absolute Gasteiger partial charge is 0.493 e. The van der Waals surface area contributed by atoms with Gasteiger partial charge in [-0.2, -0.15) is 5.26 Å². The highest BCUT2D eigenvalue weighted by Crippen LogP contribution is 2.32. The van der Waals surface area contributed by atoms with E-state index in [1.165, 1.54) is 0 Å². The molecule has 0 amide bonds. The zero-order chi connectivity index (χ0) is 16.4. The number of fused-ring (bicyclic) bond motifs is 1. The van der Waals surface area contributed by atoms with Crippen LogP contribution in [0.1, 0.15) is 5.56 Å². The molecule has 0 bridgehead atoms. The zero-order valence-electron chi connectivity index (χ0n) is 12.7. The molecule has 0 radical (unpaired) electrons. The van der Waals surface area contributed by atoms with Crippen LogP contribution in [-0.2, 0) is 0 Å². The number of hydrogen-bond acceptors (Lipinski definition) is 6. The molecule has 3 aromatic rings. The topological polar surface area (TPSA) is 94.0 Å². The van der Waals surface area contributed by atoms with E-state index in [1.807, 2.05) is 0 Å². The summed E-state index contributed by atoms with van der Waals surface area (Å²) in [6.07, 6.45) is 1.64. The molecule has 2 aromatic carbocycles. The van der Waals surface area contributed by atoms with Crippen molar-refractivity contribution in [3.8, 4) is 28.8 Å². The Kier molecular flexibility index (Phi) is 3.69. The Morgan fingerprint density at radius 3 is 2.35 bits per heavy atom. The van der Waals surface area contributed by atoms with Crippen LogP contribution in [0.3, 0.4) is 0 Å². The summed E-state index contributed by atoms with van der Waals surface area (Å²) in [6.45, 7) is 0. The third kappa shape index (κ3) is 2.60. The van der Waals surface area contributed by atoms with Crippen LogP contribution in [0.2, 0.25) is 0 Å². The van der Waals surface area contributed by atoms with E-state index >= 15 is 0 Å². The van der Waals surface area contributed by atoms with E-state index < -0.39 is 0 Å².